The second-order valence-electron chi connectivity index (χ2n) is 13.1. The van der Waals surface area contributed by atoms with Gasteiger partial charge in [0.15, 0.2) is 0 Å². The summed E-state index contributed by atoms with van der Waals surface area (Å²) in [6.07, 6.45) is 23.6. The molecule has 42 heavy (non-hydrogen) atoms. The molecule has 1 rings (SSSR count). The van der Waals surface area contributed by atoms with Gasteiger partial charge in [0.1, 0.15) is 0 Å². The molecule has 2 amide bonds. The maximum Gasteiger partial charge on any atom is 0.227 e. The number of anilines is 2. The third kappa shape index (κ3) is 16.7. The van der Waals surface area contributed by atoms with Crippen molar-refractivity contribution >= 4 is 23.2 Å². The molecular weight excluding hydrogens is 516 g/mol. The average molecular weight is 584 g/mol. The molecule has 0 saturated heterocycles. The second-order valence-corrected chi connectivity index (χ2v) is 13.1. The van der Waals surface area contributed by atoms with Crippen LogP contribution in [0.4, 0.5) is 11.4 Å². The second kappa shape index (κ2) is 24.6. The van der Waals surface area contributed by atoms with E-state index < -0.39 is 0 Å². The van der Waals surface area contributed by atoms with E-state index in [-0.39, 0.29) is 23.7 Å². The van der Waals surface area contributed by atoms with Gasteiger partial charge in [0.2, 0.25) is 11.8 Å². The Balaban J connectivity index is 2.84. The summed E-state index contributed by atoms with van der Waals surface area (Å²) >= 11 is 0. The Morgan fingerprint density at radius 1 is 0.548 bits per heavy atom. The van der Waals surface area contributed by atoms with Crippen molar-refractivity contribution in [2.24, 2.45) is 23.7 Å². The number of carbonyl (C=O) groups excluding carboxylic acids is 2. The van der Waals surface area contributed by atoms with Gasteiger partial charge in [0.25, 0.3) is 0 Å². The zero-order chi connectivity index (χ0) is 31.0. The summed E-state index contributed by atoms with van der Waals surface area (Å²) in [6.45, 7) is 13.4. The molecule has 4 nitrogen and oxygen atoms in total. The molecule has 0 saturated carbocycles. The summed E-state index contributed by atoms with van der Waals surface area (Å²) in [7, 11) is 0. The SMILES string of the molecule is CCCCCCCCC(C(=O)Nc1c[c]cc(NC(=O)C(CCCCCCCC)C(C)CCCC)c1)C(C)CCCC. The first-order chi connectivity index (χ1) is 20.4. The fraction of sp³-hybridized carbons (Fsp3) is 0.789. The number of carbonyl (C=O) groups is 2. The van der Waals surface area contributed by atoms with Crippen LogP contribution in [0.2, 0.25) is 0 Å². The molecule has 0 aliphatic heterocycles. The lowest BCUT2D eigenvalue weighted by Crippen LogP contribution is -2.29. The van der Waals surface area contributed by atoms with Crippen LogP contribution in [0.5, 0.6) is 0 Å². The van der Waals surface area contributed by atoms with Gasteiger partial charge in [-0.25, -0.2) is 0 Å². The van der Waals surface area contributed by atoms with Gasteiger partial charge in [-0.15, -0.1) is 0 Å². The lowest BCUT2D eigenvalue weighted by atomic mass is 9.84. The van der Waals surface area contributed by atoms with Crippen LogP contribution >= 0.6 is 0 Å². The summed E-state index contributed by atoms with van der Waals surface area (Å²) in [6, 6.07) is 8.71. The first-order valence-electron chi connectivity index (χ1n) is 18.0. The van der Waals surface area contributed by atoms with Crippen LogP contribution < -0.4 is 10.6 Å². The molecule has 0 fully saturated rings. The fourth-order valence-electron chi connectivity index (χ4n) is 6.18. The van der Waals surface area contributed by atoms with Gasteiger partial charge in [0.05, 0.1) is 0 Å². The monoisotopic (exact) mass is 584 g/mol. The van der Waals surface area contributed by atoms with Crippen molar-refractivity contribution in [2.75, 3.05) is 10.6 Å². The molecule has 0 aliphatic rings. The molecule has 4 heteroatoms. The number of hydrogen-bond donors (Lipinski definition) is 2. The van der Waals surface area contributed by atoms with Crippen LogP contribution in [0.15, 0.2) is 18.2 Å². The van der Waals surface area contributed by atoms with Crippen molar-refractivity contribution in [2.45, 2.75) is 170 Å². The Labute approximate surface area is 261 Å². The minimum atomic E-state index is 0.0158. The molecule has 1 radical (unpaired) electrons. The minimum Gasteiger partial charge on any atom is -0.326 e. The zero-order valence-corrected chi connectivity index (χ0v) is 28.5. The van der Waals surface area contributed by atoms with Crippen molar-refractivity contribution in [1.82, 2.24) is 0 Å². The van der Waals surface area contributed by atoms with Gasteiger partial charge in [-0.3, -0.25) is 9.59 Å². The van der Waals surface area contributed by atoms with Crippen LogP contribution in [0.3, 0.4) is 0 Å². The summed E-state index contributed by atoms with van der Waals surface area (Å²) in [5.74, 6) is 0.972. The molecule has 0 aliphatic carbocycles. The highest BCUT2D eigenvalue weighted by molar-refractivity contribution is 5.95. The predicted octanol–water partition coefficient (Wildman–Crippen LogP) is 11.7. The van der Waals surface area contributed by atoms with Gasteiger partial charge < -0.3 is 10.6 Å². The van der Waals surface area contributed by atoms with Crippen LogP contribution in [0.1, 0.15) is 170 Å². The van der Waals surface area contributed by atoms with E-state index in [4.69, 9.17) is 0 Å². The van der Waals surface area contributed by atoms with Gasteiger partial charge in [-0.1, -0.05) is 144 Å². The first kappa shape index (κ1) is 38.2. The summed E-state index contributed by atoms with van der Waals surface area (Å²) in [4.78, 5) is 27.0. The maximum atomic E-state index is 13.5. The van der Waals surface area contributed by atoms with Gasteiger partial charge in [-0.2, -0.15) is 0 Å². The van der Waals surface area contributed by atoms with E-state index in [0.717, 1.165) is 75.6 Å². The Bertz CT molecular complexity index is 760. The summed E-state index contributed by atoms with van der Waals surface area (Å²) in [5.41, 5.74) is 1.44. The van der Waals surface area contributed by atoms with Gasteiger partial charge in [0, 0.05) is 23.2 Å². The molecule has 0 heterocycles. The largest absolute Gasteiger partial charge is 0.326 e. The van der Waals surface area contributed by atoms with E-state index in [2.05, 4.69) is 58.2 Å². The van der Waals surface area contributed by atoms with Gasteiger partial charge >= 0.3 is 0 Å². The van der Waals surface area contributed by atoms with E-state index in [1.165, 1.54) is 64.2 Å². The summed E-state index contributed by atoms with van der Waals surface area (Å²) in [5, 5.41) is 6.38. The van der Waals surface area contributed by atoms with Crippen molar-refractivity contribution in [3.8, 4) is 0 Å². The normalized spacial score (nSPS) is 14.2. The molecule has 1 aromatic carbocycles. The minimum absolute atomic E-state index is 0.0158. The number of unbranched alkanes of at least 4 members (excludes halogenated alkanes) is 12. The van der Waals surface area contributed by atoms with Crippen LogP contribution in [-0.4, -0.2) is 11.8 Å². The van der Waals surface area contributed by atoms with E-state index in [1.807, 2.05) is 18.2 Å². The van der Waals surface area contributed by atoms with E-state index >= 15 is 0 Å². The lowest BCUT2D eigenvalue weighted by molar-refractivity contribution is -0.122. The van der Waals surface area contributed by atoms with Gasteiger partial charge in [-0.05, 0) is 61.8 Å². The van der Waals surface area contributed by atoms with E-state index in [1.54, 1.807) is 0 Å². The van der Waals surface area contributed by atoms with E-state index in [9.17, 15) is 9.59 Å². The molecule has 0 spiro atoms. The number of hydrogen-bond acceptors (Lipinski definition) is 2. The van der Waals surface area contributed by atoms with Crippen LogP contribution in [0.25, 0.3) is 0 Å². The lowest BCUT2D eigenvalue weighted by Gasteiger charge is -2.24. The molecule has 0 aromatic heterocycles. The van der Waals surface area contributed by atoms with Crippen LogP contribution in [-0.2, 0) is 9.59 Å². The third-order valence-corrected chi connectivity index (χ3v) is 9.13. The number of amides is 2. The highest BCUT2D eigenvalue weighted by Gasteiger charge is 2.26. The highest BCUT2D eigenvalue weighted by Crippen LogP contribution is 2.28. The Hall–Kier alpha value is -1.84. The highest BCUT2D eigenvalue weighted by atomic mass is 16.2. The number of benzene rings is 1. The predicted molar refractivity (Wildman–Crippen MR) is 183 cm³/mol. The van der Waals surface area contributed by atoms with Crippen molar-refractivity contribution in [3.63, 3.8) is 0 Å². The molecule has 241 valence electrons. The number of rotatable bonds is 26. The Morgan fingerprint density at radius 3 is 1.29 bits per heavy atom. The molecule has 4 atom stereocenters. The molecular formula is C38H67N2O2. The maximum absolute atomic E-state index is 13.5. The van der Waals surface area contributed by atoms with Crippen molar-refractivity contribution in [3.05, 3.63) is 24.3 Å². The number of nitrogens with one attached hydrogen (secondary N) is 2. The molecule has 4 unspecified atom stereocenters. The topological polar surface area (TPSA) is 58.2 Å². The zero-order valence-electron chi connectivity index (χ0n) is 28.5. The first-order valence-corrected chi connectivity index (χ1v) is 18.0. The third-order valence-electron chi connectivity index (χ3n) is 9.13. The molecule has 0 bridgehead atoms. The smallest absolute Gasteiger partial charge is 0.227 e. The van der Waals surface area contributed by atoms with E-state index in [0.29, 0.717) is 11.8 Å². The quantitative estimate of drug-likeness (QED) is 0.107. The van der Waals surface area contributed by atoms with Crippen molar-refractivity contribution in [1.29, 1.82) is 0 Å². The Morgan fingerprint density at radius 2 is 0.905 bits per heavy atom. The average Bonchev–Trinajstić information content (AvgIpc) is 2.98. The molecule has 1 aromatic rings. The summed E-state index contributed by atoms with van der Waals surface area (Å²) < 4.78 is 0. The van der Waals surface area contributed by atoms with Crippen LogP contribution in [0, 0.1) is 29.7 Å². The Kier molecular flexibility index (Phi) is 22.4. The fourth-order valence-corrected chi connectivity index (χ4v) is 6.18. The molecule has 2 N–H and O–H groups in total. The van der Waals surface area contributed by atoms with Crippen molar-refractivity contribution < 1.29 is 9.59 Å². The standard InChI is InChI=1S/C38H67N2O2/c1-7-11-15-17-19-21-28-35(31(5)24-13-9-3)37(41)39-33-26-23-27-34(30-33)40-38(42)36(32(6)25-14-10-4)29-22-20-18-16-12-8-2/h26-27,30-32,35-36H,7-22,24-25,28-29H2,1-6H3,(H,39,41)(H,40,42).